The summed E-state index contributed by atoms with van der Waals surface area (Å²) in [6.45, 7) is 2.23. The summed E-state index contributed by atoms with van der Waals surface area (Å²) in [5.41, 5.74) is 9.99. The Morgan fingerprint density at radius 2 is 2.14 bits per heavy atom. The number of nitrogens with two attached hydrogens (primary N) is 1. The SMILES string of the molecule is C/C(=C1\C(=O)Nc2ccc(CNC(N)=O)cc21)c1ccc[nH]1. The fourth-order valence-corrected chi connectivity index (χ4v) is 2.58. The van der Waals surface area contributed by atoms with Gasteiger partial charge in [0, 0.05) is 29.7 Å². The second-order valence-electron chi connectivity index (χ2n) is 5.14. The van der Waals surface area contributed by atoms with Crippen LogP contribution in [0.5, 0.6) is 0 Å². The van der Waals surface area contributed by atoms with Gasteiger partial charge in [-0.25, -0.2) is 4.79 Å². The quantitative estimate of drug-likeness (QED) is 0.652. The number of hydrogen-bond acceptors (Lipinski definition) is 2. The number of aromatic nitrogens is 1. The molecule has 1 aliphatic rings. The Hall–Kier alpha value is -3.02. The molecule has 3 rings (SSSR count). The zero-order valence-electron chi connectivity index (χ0n) is 12.1. The Balaban J connectivity index is 2.02. The molecule has 0 atom stereocenters. The summed E-state index contributed by atoms with van der Waals surface area (Å²) in [5, 5.41) is 5.41. The molecule has 0 fully saturated rings. The third-order valence-electron chi connectivity index (χ3n) is 3.67. The topological polar surface area (TPSA) is 100 Å². The minimum absolute atomic E-state index is 0.123. The van der Waals surface area contributed by atoms with Crippen LogP contribution in [-0.2, 0) is 11.3 Å². The number of urea groups is 1. The second kappa shape index (κ2) is 5.40. The number of primary amides is 1. The largest absolute Gasteiger partial charge is 0.361 e. The molecule has 2 heterocycles. The third-order valence-corrected chi connectivity index (χ3v) is 3.67. The summed E-state index contributed by atoms with van der Waals surface area (Å²) in [6.07, 6.45) is 1.82. The van der Waals surface area contributed by atoms with Crippen LogP contribution in [-0.4, -0.2) is 16.9 Å². The van der Waals surface area contributed by atoms with Gasteiger partial charge in [-0.2, -0.15) is 0 Å². The van der Waals surface area contributed by atoms with Gasteiger partial charge in [-0.15, -0.1) is 0 Å². The first-order valence-corrected chi connectivity index (χ1v) is 6.89. The molecular formula is C16H16N4O2. The lowest BCUT2D eigenvalue weighted by atomic mass is 9.98. The van der Waals surface area contributed by atoms with Crippen molar-refractivity contribution in [3.05, 3.63) is 53.3 Å². The maximum absolute atomic E-state index is 12.3. The first-order valence-electron chi connectivity index (χ1n) is 6.89. The number of nitrogens with one attached hydrogen (secondary N) is 3. The number of carbonyl (C=O) groups excluding carboxylic acids is 2. The first kappa shape index (κ1) is 13.9. The lowest BCUT2D eigenvalue weighted by Crippen LogP contribution is -2.28. The predicted octanol–water partition coefficient (Wildman–Crippen LogP) is 2.07. The van der Waals surface area contributed by atoms with Crippen LogP contribution in [0.2, 0.25) is 0 Å². The number of allylic oxidation sites excluding steroid dienone is 1. The summed E-state index contributed by atoms with van der Waals surface area (Å²) < 4.78 is 0. The van der Waals surface area contributed by atoms with E-state index >= 15 is 0 Å². The van der Waals surface area contributed by atoms with Crippen LogP contribution in [0.4, 0.5) is 10.5 Å². The minimum Gasteiger partial charge on any atom is -0.361 e. The number of benzene rings is 1. The maximum Gasteiger partial charge on any atom is 0.312 e. The van der Waals surface area contributed by atoms with Crippen molar-refractivity contribution < 1.29 is 9.59 Å². The van der Waals surface area contributed by atoms with Gasteiger partial charge in [0.25, 0.3) is 5.91 Å². The molecule has 0 bridgehead atoms. The first-order chi connectivity index (χ1) is 10.6. The predicted molar refractivity (Wildman–Crippen MR) is 84.8 cm³/mol. The summed E-state index contributed by atoms with van der Waals surface area (Å²) in [7, 11) is 0. The Labute approximate surface area is 127 Å². The van der Waals surface area contributed by atoms with Gasteiger partial charge in [-0.05, 0) is 42.3 Å². The third kappa shape index (κ3) is 2.46. The van der Waals surface area contributed by atoms with Crippen LogP contribution in [0.3, 0.4) is 0 Å². The van der Waals surface area contributed by atoms with Crippen LogP contribution in [0.15, 0.2) is 36.5 Å². The summed E-state index contributed by atoms with van der Waals surface area (Å²) >= 11 is 0. The average Bonchev–Trinajstić information content (AvgIpc) is 3.11. The van der Waals surface area contributed by atoms with E-state index in [-0.39, 0.29) is 5.91 Å². The molecule has 3 amide bonds. The van der Waals surface area contributed by atoms with E-state index in [9.17, 15) is 9.59 Å². The number of aromatic amines is 1. The molecule has 1 aromatic heterocycles. The summed E-state index contributed by atoms with van der Waals surface area (Å²) in [4.78, 5) is 26.2. The lowest BCUT2D eigenvalue weighted by Gasteiger charge is -2.07. The number of fused-ring (bicyclic) bond motifs is 1. The van der Waals surface area contributed by atoms with Crippen LogP contribution >= 0.6 is 0 Å². The standard InChI is InChI=1S/C16H16N4O2/c1-9(12-3-2-6-18-12)14-11-7-10(8-19-16(17)22)4-5-13(11)20-15(14)21/h2-7,18H,8H2,1H3,(H,20,21)(H3,17,19,22)/b14-9+. The molecule has 0 saturated carbocycles. The van der Waals surface area contributed by atoms with E-state index in [4.69, 9.17) is 5.73 Å². The molecule has 1 aliphatic heterocycles. The molecule has 22 heavy (non-hydrogen) atoms. The molecular weight excluding hydrogens is 280 g/mol. The average molecular weight is 296 g/mol. The van der Waals surface area contributed by atoms with E-state index < -0.39 is 6.03 Å². The zero-order valence-corrected chi connectivity index (χ0v) is 12.1. The molecule has 2 aromatic rings. The fraction of sp³-hybridized carbons (Fsp3) is 0.125. The number of amides is 3. The van der Waals surface area contributed by atoms with E-state index in [0.717, 1.165) is 28.1 Å². The van der Waals surface area contributed by atoms with E-state index in [1.165, 1.54) is 0 Å². The van der Waals surface area contributed by atoms with E-state index in [2.05, 4.69) is 15.6 Å². The highest BCUT2D eigenvalue weighted by atomic mass is 16.2. The normalized spacial score (nSPS) is 15.2. The van der Waals surface area contributed by atoms with E-state index in [1.807, 2.05) is 43.5 Å². The van der Waals surface area contributed by atoms with Crippen LogP contribution in [0.1, 0.15) is 23.7 Å². The van der Waals surface area contributed by atoms with Gasteiger partial charge in [0.2, 0.25) is 0 Å². The number of hydrogen-bond donors (Lipinski definition) is 4. The molecule has 6 nitrogen and oxygen atoms in total. The highest BCUT2D eigenvalue weighted by Gasteiger charge is 2.27. The molecule has 0 saturated heterocycles. The van der Waals surface area contributed by atoms with Crippen molar-refractivity contribution >= 4 is 28.8 Å². The Bertz CT molecular complexity index is 775. The fourth-order valence-electron chi connectivity index (χ4n) is 2.58. The van der Waals surface area contributed by atoms with Gasteiger partial charge in [-0.1, -0.05) is 6.07 Å². The van der Waals surface area contributed by atoms with Gasteiger partial charge in [0.15, 0.2) is 0 Å². The smallest absolute Gasteiger partial charge is 0.312 e. The summed E-state index contributed by atoms with van der Waals surface area (Å²) in [6, 6.07) is 8.81. The number of carbonyl (C=O) groups is 2. The lowest BCUT2D eigenvalue weighted by molar-refractivity contribution is -0.110. The van der Waals surface area contributed by atoms with Crippen molar-refractivity contribution in [1.82, 2.24) is 10.3 Å². The minimum atomic E-state index is -0.576. The maximum atomic E-state index is 12.3. The Morgan fingerprint density at radius 1 is 1.32 bits per heavy atom. The molecule has 0 radical (unpaired) electrons. The molecule has 0 spiro atoms. The van der Waals surface area contributed by atoms with Crippen molar-refractivity contribution in [2.24, 2.45) is 5.73 Å². The molecule has 6 heteroatoms. The highest BCUT2D eigenvalue weighted by Crippen LogP contribution is 2.37. The van der Waals surface area contributed by atoms with Crippen molar-refractivity contribution in [3.63, 3.8) is 0 Å². The number of H-pyrrole nitrogens is 1. The molecule has 0 unspecified atom stereocenters. The van der Waals surface area contributed by atoms with Crippen LogP contribution in [0, 0.1) is 0 Å². The van der Waals surface area contributed by atoms with Gasteiger partial charge < -0.3 is 21.4 Å². The summed E-state index contributed by atoms with van der Waals surface area (Å²) in [5.74, 6) is -0.123. The number of anilines is 1. The van der Waals surface area contributed by atoms with Crippen molar-refractivity contribution in [2.45, 2.75) is 13.5 Å². The van der Waals surface area contributed by atoms with Gasteiger partial charge >= 0.3 is 6.03 Å². The Morgan fingerprint density at radius 3 is 2.82 bits per heavy atom. The van der Waals surface area contributed by atoms with Crippen LogP contribution < -0.4 is 16.4 Å². The van der Waals surface area contributed by atoms with Gasteiger partial charge in [0.1, 0.15) is 0 Å². The van der Waals surface area contributed by atoms with E-state index in [1.54, 1.807) is 0 Å². The van der Waals surface area contributed by atoms with Gasteiger partial charge in [0.05, 0.1) is 5.57 Å². The molecule has 112 valence electrons. The van der Waals surface area contributed by atoms with Gasteiger partial charge in [-0.3, -0.25) is 4.79 Å². The van der Waals surface area contributed by atoms with Crippen molar-refractivity contribution in [3.8, 4) is 0 Å². The van der Waals surface area contributed by atoms with Crippen molar-refractivity contribution in [2.75, 3.05) is 5.32 Å². The molecule has 5 N–H and O–H groups in total. The monoisotopic (exact) mass is 296 g/mol. The number of rotatable bonds is 3. The molecule has 1 aromatic carbocycles. The van der Waals surface area contributed by atoms with Crippen molar-refractivity contribution in [1.29, 1.82) is 0 Å². The molecule has 0 aliphatic carbocycles. The highest BCUT2D eigenvalue weighted by molar-refractivity contribution is 6.36. The zero-order chi connectivity index (χ0) is 15.7. The van der Waals surface area contributed by atoms with E-state index in [0.29, 0.717) is 12.1 Å². The second-order valence-corrected chi connectivity index (χ2v) is 5.14. The Kier molecular flexibility index (Phi) is 3.42. The van der Waals surface area contributed by atoms with Crippen LogP contribution in [0.25, 0.3) is 11.1 Å².